The van der Waals surface area contributed by atoms with E-state index in [1.165, 1.54) is 11.3 Å². The molecule has 1 aliphatic heterocycles. The molecule has 0 saturated carbocycles. The molecule has 2 N–H and O–H groups in total. The number of aromatic amines is 1. The first-order chi connectivity index (χ1) is 11.7. The number of ether oxygens (including phenoxy) is 1. The number of amides is 2. The molecule has 1 fully saturated rings. The summed E-state index contributed by atoms with van der Waals surface area (Å²) < 4.78 is 5.00. The highest BCUT2D eigenvalue weighted by molar-refractivity contribution is 7.14. The van der Waals surface area contributed by atoms with Crippen LogP contribution in [0.1, 0.15) is 41.7 Å². The second-order valence-corrected chi connectivity index (χ2v) is 6.50. The predicted octanol–water partition coefficient (Wildman–Crippen LogP) is 3.06. The first kappa shape index (κ1) is 16.5. The number of carbonyl (C=O) groups excluding carboxylic acids is 2. The fourth-order valence-corrected chi connectivity index (χ4v) is 3.60. The molecular formula is C16H20N4O3S. The predicted molar refractivity (Wildman–Crippen MR) is 91.4 cm³/mol. The van der Waals surface area contributed by atoms with Gasteiger partial charge < -0.3 is 14.6 Å². The molecule has 0 unspecified atom stereocenters. The van der Waals surface area contributed by atoms with Gasteiger partial charge in [0.25, 0.3) is 0 Å². The fraction of sp³-hybridized carbons (Fsp3) is 0.438. The van der Waals surface area contributed by atoms with Crippen LogP contribution in [0.3, 0.4) is 0 Å². The number of nitrogens with zero attached hydrogens (tertiary/aromatic N) is 2. The number of esters is 1. The highest BCUT2D eigenvalue weighted by Gasteiger charge is 2.25. The number of rotatable bonds is 4. The molecule has 0 aliphatic carbocycles. The Kier molecular flexibility index (Phi) is 5.14. The van der Waals surface area contributed by atoms with Crippen molar-refractivity contribution in [1.29, 1.82) is 0 Å². The van der Waals surface area contributed by atoms with Gasteiger partial charge in [-0.2, -0.15) is 0 Å². The lowest BCUT2D eigenvalue weighted by Gasteiger charge is -2.31. The molecule has 0 aromatic carbocycles. The number of piperidine rings is 1. The number of hydrogen-bond donors (Lipinski definition) is 2. The highest BCUT2D eigenvalue weighted by Crippen LogP contribution is 2.28. The van der Waals surface area contributed by atoms with E-state index in [1.54, 1.807) is 29.6 Å². The lowest BCUT2D eigenvalue weighted by atomic mass is 9.94. The molecule has 24 heavy (non-hydrogen) atoms. The summed E-state index contributed by atoms with van der Waals surface area (Å²) >= 11 is 1.32. The minimum absolute atomic E-state index is 0.175. The minimum Gasteiger partial charge on any atom is -0.462 e. The van der Waals surface area contributed by atoms with E-state index in [4.69, 9.17) is 4.74 Å². The Hall–Kier alpha value is -2.35. The van der Waals surface area contributed by atoms with E-state index >= 15 is 0 Å². The lowest BCUT2D eigenvalue weighted by Crippen LogP contribution is -2.40. The molecular weight excluding hydrogens is 328 g/mol. The standard InChI is InChI=1S/C16H20N4O3S/c1-2-23-15(21)12-5-8-24-14(12)19-16(22)20-6-3-11(4-7-20)13-9-17-10-18-13/h5,8-11H,2-4,6-7H2,1H3,(H,17,18)(H,19,22). The Labute approximate surface area is 144 Å². The average molecular weight is 348 g/mol. The second kappa shape index (κ2) is 7.48. The SMILES string of the molecule is CCOC(=O)c1ccsc1NC(=O)N1CCC(c2cnc[nH]2)CC1. The van der Waals surface area contributed by atoms with Crippen LogP contribution in [0.25, 0.3) is 0 Å². The molecule has 3 rings (SSSR count). The topological polar surface area (TPSA) is 87.3 Å². The Bertz CT molecular complexity index is 690. The van der Waals surface area contributed by atoms with Crippen molar-refractivity contribution in [1.82, 2.24) is 14.9 Å². The van der Waals surface area contributed by atoms with E-state index in [0.717, 1.165) is 18.5 Å². The zero-order valence-corrected chi connectivity index (χ0v) is 14.3. The molecule has 2 amide bonds. The number of urea groups is 1. The minimum atomic E-state index is -0.410. The number of nitrogens with one attached hydrogen (secondary N) is 2. The quantitative estimate of drug-likeness (QED) is 0.831. The van der Waals surface area contributed by atoms with Gasteiger partial charge in [0.15, 0.2) is 0 Å². The van der Waals surface area contributed by atoms with E-state index in [-0.39, 0.29) is 6.03 Å². The van der Waals surface area contributed by atoms with E-state index in [9.17, 15) is 9.59 Å². The summed E-state index contributed by atoms with van der Waals surface area (Å²) in [5, 5.41) is 5.14. The van der Waals surface area contributed by atoms with Crippen molar-refractivity contribution < 1.29 is 14.3 Å². The molecule has 0 bridgehead atoms. The van der Waals surface area contributed by atoms with Gasteiger partial charge in [0, 0.05) is 30.9 Å². The molecule has 128 valence electrons. The van der Waals surface area contributed by atoms with Crippen molar-refractivity contribution in [3.05, 3.63) is 35.2 Å². The zero-order chi connectivity index (χ0) is 16.9. The van der Waals surface area contributed by atoms with Gasteiger partial charge in [-0.05, 0) is 31.2 Å². The van der Waals surface area contributed by atoms with E-state index in [0.29, 0.717) is 36.2 Å². The van der Waals surface area contributed by atoms with Crippen LogP contribution in [-0.4, -0.2) is 46.6 Å². The number of imidazole rings is 1. The molecule has 2 aromatic rings. The second-order valence-electron chi connectivity index (χ2n) is 5.58. The van der Waals surface area contributed by atoms with Gasteiger partial charge >= 0.3 is 12.0 Å². The van der Waals surface area contributed by atoms with Gasteiger partial charge in [-0.1, -0.05) is 0 Å². The summed E-state index contributed by atoms with van der Waals surface area (Å²) in [4.78, 5) is 33.3. The van der Waals surface area contributed by atoms with Crippen LogP contribution in [0.5, 0.6) is 0 Å². The Morgan fingerprint density at radius 1 is 1.46 bits per heavy atom. The van der Waals surface area contributed by atoms with Gasteiger partial charge in [0.05, 0.1) is 18.5 Å². The van der Waals surface area contributed by atoms with Crippen molar-refractivity contribution in [3.63, 3.8) is 0 Å². The molecule has 0 spiro atoms. The third kappa shape index (κ3) is 3.59. The Morgan fingerprint density at radius 2 is 2.25 bits per heavy atom. The Balaban J connectivity index is 1.57. The van der Waals surface area contributed by atoms with Gasteiger partial charge in [-0.3, -0.25) is 5.32 Å². The number of H-pyrrole nitrogens is 1. The fourth-order valence-electron chi connectivity index (χ4n) is 2.84. The summed E-state index contributed by atoms with van der Waals surface area (Å²) in [5.74, 6) is 0.000355. The summed E-state index contributed by atoms with van der Waals surface area (Å²) in [5.41, 5.74) is 1.53. The number of hydrogen-bond acceptors (Lipinski definition) is 5. The molecule has 0 radical (unpaired) electrons. The average Bonchev–Trinajstić information content (AvgIpc) is 3.27. The van der Waals surface area contributed by atoms with Crippen LogP contribution < -0.4 is 5.32 Å². The van der Waals surface area contributed by atoms with Crippen molar-refractivity contribution in [2.45, 2.75) is 25.7 Å². The largest absolute Gasteiger partial charge is 0.462 e. The molecule has 8 heteroatoms. The monoisotopic (exact) mass is 348 g/mol. The van der Waals surface area contributed by atoms with Gasteiger partial charge in [-0.15, -0.1) is 11.3 Å². The number of carbonyl (C=O) groups is 2. The lowest BCUT2D eigenvalue weighted by molar-refractivity contribution is 0.0528. The van der Waals surface area contributed by atoms with E-state index in [1.807, 2.05) is 6.20 Å². The van der Waals surface area contributed by atoms with Gasteiger partial charge in [0.1, 0.15) is 5.00 Å². The summed E-state index contributed by atoms with van der Waals surface area (Å²) in [7, 11) is 0. The van der Waals surface area contributed by atoms with Gasteiger partial charge in [0.2, 0.25) is 0 Å². The number of anilines is 1. The van der Waals surface area contributed by atoms with Crippen molar-refractivity contribution >= 4 is 28.3 Å². The van der Waals surface area contributed by atoms with Crippen molar-refractivity contribution in [2.24, 2.45) is 0 Å². The molecule has 2 aromatic heterocycles. The van der Waals surface area contributed by atoms with Crippen LogP contribution in [-0.2, 0) is 4.74 Å². The summed E-state index contributed by atoms with van der Waals surface area (Å²) in [6, 6.07) is 1.49. The summed E-state index contributed by atoms with van der Waals surface area (Å²) in [6.45, 7) is 3.42. The third-order valence-corrected chi connectivity index (χ3v) is 4.95. The third-order valence-electron chi connectivity index (χ3n) is 4.12. The van der Waals surface area contributed by atoms with Crippen LogP contribution in [0, 0.1) is 0 Å². The molecule has 7 nitrogen and oxygen atoms in total. The molecule has 0 atom stereocenters. The molecule has 1 saturated heterocycles. The Morgan fingerprint density at radius 3 is 2.92 bits per heavy atom. The normalized spacial score (nSPS) is 15.3. The van der Waals surface area contributed by atoms with Crippen LogP contribution >= 0.6 is 11.3 Å². The zero-order valence-electron chi connectivity index (χ0n) is 13.4. The highest BCUT2D eigenvalue weighted by atomic mass is 32.1. The number of thiophene rings is 1. The summed E-state index contributed by atoms with van der Waals surface area (Å²) in [6.07, 6.45) is 5.31. The van der Waals surface area contributed by atoms with Gasteiger partial charge in [-0.25, -0.2) is 14.6 Å². The van der Waals surface area contributed by atoms with Crippen molar-refractivity contribution in [2.75, 3.05) is 25.0 Å². The van der Waals surface area contributed by atoms with Crippen LogP contribution in [0.15, 0.2) is 24.0 Å². The maximum absolute atomic E-state index is 12.4. The first-order valence-electron chi connectivity index (χ1n) is 7.97. The van der Waals surface area contributed by atoms with Crippen LogP contribution in [0.4, 0.5) is 9.80 Å². The van der Waals surface area contributed by atoms with E-state index in [2.05, 4.69) is 15.3 Å². The van der Waals surface area contributed by atoms with Crippen molar-refractivity contribution in [3.8, 4) is 0 Å². The van der Waals surface area contributed by atoms with Crippen LogP contribution in [0.2, 0.25) is 0 Å². The maximum atomic E-state index is 12.4. The van der Waals surface area contributed by atoms with E-state index < -0.39 is 5.97 Å². The molecule has 1 aliphatic rings. The number of likely N-dealkylation sites (tertiary alicyclic amines) is 1. The number of aromatic nitrogens is 2. The smallest absolute Gasteiger partial charge is 0.341 e. The first-order valence-corrected chi connectivity index (χ1v) is 8.85. The molecule has 3 heterocycles. The maximum Gasteiger partial charge on any atom is 0.341 e.